The molecule has 2 heterocycles. The summed E-state index contributed by atoms with van der Waals surface area (Å²) < 4.78 is 18.8. The molecule has 1 aromatic heterocycles. The van der Waals surface area contributed by atoms with Crippen molar-refractivity contribution in [1.29, 1.82) is 0 Å². The van der Waals surface area contributed by atoms with E-state index >= 15 is 0 Å². The standard InChI is InChI=1S/C22H28FN3O2S/c1-4-29-22-20(21(27)24-14-16-6-5-7-17(23)13-16)15(2)12-19(25-22)26-10-8-18(28-3)9-11-26/h5-7,12-13,18H,4,8-11,14H2,1-3H3,(H,24,27). The fourth-order valence-corrected chi connectivity index (χ4v) is 4.37. The summed E-state index contributed by atoms with van der Waals surface area (Å²) >= 11 is 1.57. The predicted molar refractivity (Wildman–Crippen MR) is 115 cm³/mol. The smallest absolute Gasteiger partial charge is 0.254 e. The highest BCUT2D eigenvalue weighted by Crippen LogP contribution is 2.29. The number of pyridine rings is 1. The Bertz CT molecular complexity index is 854. The van der Waals surface area contributed by atoms with Gasteiger partial charge in [0.05, 0.1) is 11.7 Å². The molecule has 2 aromatic rings. The molecule has 3 rings (SSSR count). The Balaban J connectivity index is 1.77. The summed E-state index contributed by atoms with van der Waals surface area (Å²) in [6.45, 7) is 6.06. The number of carbonyl (C=O) groups excluding carboxylic acids is 1. The molecule has 0 saturated carbocycles. The normalized spacial score (nSPS) is 14.8. The van der Waals surface area contributed by atoms with Crippen LogP contribution in [0.2, 0.25) is 0 Å². The van der Waals surface area contributed by atoms with Crippen LogP contribution in [0.5, 0.6) is 0 Å². The number of nitrogens with one attached hydrogen (secondary N) is 1. The number of methoxy groups -OCH3 is 1. The van der Waals surface area contributed by atoms with Crippen molar-refractivity contribution in [3.8, 4) is 0 Å². The van der Waals surface area contributed by atoms with Crippen LogP contribution in [0.4, 0.5) is 10.2 Å². The summed E-state index contributed by atoms with van der Waals surface area (Å²) in [5.74, 6) is 1.25. The maximum atomic E-state index is 13.4. The number of aryl methyl sites for hydroxylation is 1. The van der Waals surface area contributed by atoms with Gasteiger partial charge in [0.1, 0.15) is 16.7 Å². The monoisotopic (exact) mass is 417 g/mol. The number of anilines is 1. The second kappa shape index (κ2) is 10.1. The van der Waals surface area contributed by atoms with E-state index in [4.69, 9.17) is 9.72 Å². The Labute approximate surface area is 176 Å². The third kappa shape index (κ3) is 5.48. The van der Waals surface area contributed by atoms with E-state index in [1.165, 1.54) is 12.1 Å². The second-order valence-corrected chi connectivity index (χ2v) is 8.40. The molecule has 0 bridgehead atoms. The van der Waals surface area contributed by atoms with Gasteiger partial charge >= 0.3 is 0 Å². The zero-order valence-corrected chi connectivity index (χ0v) is 18.0. The summed E-state index contributed by atoms with van der Waals surface area (Å²) in [6, 6.07) is 8.25. The lowest BCUT2D eigenvalue weighted by Crippen LogP contribution is -2.37. The first-order valence-corrected chi connectivity index (χ1v) is 10.9. The summed E-state index contributed by atoms with van der Waals surface area (Å²) in [5.41, 5.74) is 2.23. The van der Waals surface area contributed by atoms with E-state index < -0.39 is 0 Å². The van der Waals surface area contributed by atoms with Gasteiger partial charge in [-0.1, -0.05) is 19.1 Å². The van der Waals surface area contributed by atoms with Crippen LogP contribution in [-0.4, -0.2) is 42.9 Å². The van der Waals surface area contributed by atoms with Crippen molar-refractivity contribution >= 4 is 23.5 Å². The van der Waals surface area contributed by atoms with Gasteiger partial charge in [-0.15, -0.1) is 11.8 Å². The number of aromatic nitrogens is 1. The Hall–Kier alpha value is -2.12. The fraction of sp³-hybridized carbons (Fsp3) is 0.455. The largest absolute Gasteiger partial charge is 0.381 e. The zero-order valence-electron chi connectivity index (χ0n) is 17.2. The first-order chi connectivity index (χ1) is 14.0. The lowest BCUT2D eigenvalue weighted by molar-refractivity contribution is 0.0818. The summed E-state index contributed by atoms with van der Waals surface area (Å²) in [7, 11) is 1.76. The van der Waals surface area contributed by atoms with E-state index in [1.807, 2.05) is 19.9 Å². The van der Waals surface area contributed by atoms with Crippen molar-refractivity contribution in [1.82, 2.24) is 10.3 Å². The van der Waals surface area contributed by atoms with Crippen LogP contribution in [0.15, 0.2) is 35.4 Å². The number of hydrogen-bond donors (Lipinski definition) is 1. The summed E-state index contributed by atoms with van der Waals surface area (Å²) in [6.07, 6.45) is 2.26. The number of halogens is 1. The number of piperidine rings is 1. The van der Waals surface area contributed by atoms with Gasteiger partial charge in [-0.05, 0) is 54.8 Å². The van der Waals surface area contributed by atoms with Gasteiger partial charge < -0.3 is 15.0 Å². The molecule has 5 nitrogen and oxygen atoms in total. The second-order valence-electron chi connectivity index (χ2n) is 7.15. The highest BCUT2D eigenvalue weighted by Gasteiger charge is 2.23. The summed E-state index contributed by atoms with van der Waals surface area (Å²) in [5, 5.41) is 3.65. The molecule has 29 heavy (non-hydrogen) atoms. The molecular weight excluding hydrogens is 389 g/mol. The van der Waals surface area contributed by atoms with Crippen molar-refractivity contribution in [2.24, 2.45) is 0 Å². The number of nitrogens with zero attached hydrogens (tertiary/aromatic N) is 2. The number of benzene rings is 1. The molecule has 1 aliphatic heterocycles. The topological polar surface area (TPSA) is 54.5 Å². The van der Waals surface area contributed by atoms with Gasteiger partial charge in [-0.25, -0.2) is 9.37 Å². The maximum Gasteiger partial charge on any atom is 0.254 e. The van der Waals surface area contributed by atoms with E-state index in [1.54, 1.807) is 31.0 Å². The molecule has 0 radical (unpaired) electrons. The van der Waals surface area contributed by atoms with E-state index in [-0.39, 0.29) is 18.3 Å². The number of carbonyl (C=O) groups is 1. The number of thioether (sulfide) groups is 1. The lowest BCUT2D eigenvalue weighted by atomic mass is 10.1. The molecule has 0 unspecified atom stereocenters. The zero-order chi connectivity index (χ0) is 20.8. The Morgan fingerprint density at radius 2 is 2.10 bits per heavy atom. The molecule has 156 valence electrons. The van der Waals surface area contributed by atoms with E-state index in [0.29, 0.717) is 11.7 Å². The van der Waals surface area contributed by atoms with Crippen LogP contribution in [0.3, 0.4) is 0 Å². The van der Waals surface area contributed by atoms with Crippen LogP contribution < -0.4 is 10.2 Å². The minimum atomic E-state index is -0.307. The molecule has 1 aromatic carbocycles. The van der Waals surface area contributed by atoms with Crippen LogP contribution in [0.25, 0.3) is 0 Å². The number of ether oxygens (including phenoxy) is 1. The van der Waals surface area contributed by atoms with Gasteiger partial charge in [0, 0.05) is 26.7 Å². The van der Waals surface area contributed by atoms with E-state index in [9.17, 15) is 9.18 Å². The van der Waals surface area contributed by atoms with Crippen molar-refractivity contribution in [2.45, 2.75) is 44.4 Å². The average Bonchev–Trinajstić information content (AvgIpc) is 2.72. The van der Waals surface area contributed by atoms with Crippen LogP contribution in [0, 0.1) is 12.7 Å². The molecule has 0 aliphatic carbocycles. The highest BCUT2D eigenvalue weighted by molar-refractivity contribution is 7.99. The predicted octanol–water partition coefficient (Wildman–Crippen LogP) is 4.19. The average molecular weight is 418 g/mol. The van der Waals surface area contributed by atoms with Crippen LogP contribution in [0.1, 0.15) is 41.3 Å². The SMILES string of the molecule is CCSc1nc(N2CCC(OC)CC2)cc(C)c1C(=O)NCc1cccc(F)c1. The third-order valence-corrected chi connectivity index (χ3v) is 5.98. The van der Waals surface area contributed by atoms with Gasteiger partial charge in [-0.3, -0.25) is 4.79 Å². The third-order valence-electron chi connectivity index (χ3n) is 5.12. The van der Waals surface area contributed by atoms with Gasteiger partial charge in [-0.2, -0.15) is 0 Å². The molecule has 1 N–H and O–H groups in total. The minimum absolute atomic E-state index is 0.181. The molecule has 1 amide bonds. The number of rotatable bonds is 7. The molecule has 0 atom stereocenters. The molecule has 7 heteroatoms. The lowest BCUT2D eigenvalue weighted by Gasteiger charge is -2.32. The quantitative estimate of drug-likeness (QED) is 0.685. The molecule has 0 spiro atoms. The first-order valence-electron chi connectivity index (χ1n) is 9.96. The molecular formula is C22H28FN3O2S. The van der Waals surface area contributed by atoms with E-state index in [0.717, 1.165) is 53.7 Å². The maximum absolute atomic E-state index is 13.4. The molecule has 1 fully saturated rings. The van der Waals surface area contributed by atoms with Crippen LogP contribution >= 0.6 is 11.8 Å². The Morgan fingerprint density at radius 3 is 2.76 bits per heavy atom. The van der Waals surface area contributed by atoms with Gasteiger partial charge in [0.15, 0.2) is 0 Å². The van der Waals surface area contributed by atoms with Gasteiger partial charge in [0.2, 0.25) is 0 Å². The van der Waals surface area contributed by atoms with Crippen molar-refractivity contribution in [2.75, 3.05) is 30.9 Å². The van der Waals surface area contributed by atoms with Crippen molar-refractivity contribution < 1.29 is 13.9 Å². The fourth-order valence-electron chi connectivity index (χ4n) is 3.54. The van der Waals surface area contributed by atoms with E-state index in [2.05, 4.69) is 10.2 Å². The Morgan fingerprint density at radius 1 is 1.34 bits per heavy atom. The van der Waals surface area contributed by atoms with Crippen LogP contribution in [-0.2, 0) is 11.3 Å². The number of amides is 1. The van der Waals surface area contributed by atoms with Gasteiger partial charge in [0.25, 0.3) is 5.91 Å². The Kier molecular flexibility index (Phi) is 7.50. The first kappa shape index (κ1) is 21.6. The van der Waals surface area contributed by atoms with Crippen molar-refractivity contribution in [3.05, 3.63) is 52.8 Å². The summed E-state index contributed by atoms with van der Waals surface area (Å²) in [4.78, 5) is 20.0. The highest BCUT2D eigenvalue weighted by atomic mass is 32.2. The minimum Gasteiger partial charge on any atom is -0.381 e. The van der Waals surface area contributed by atoms with Crippen molar-refractivity contribution in [3.63, 3.8) is 0 Å². The number of hydrogen-bond acceptors (Lipinski definition) is 5. The molecule has 1 aliphatic rings. The molecule has 1 saturated heterocycles.